The number of ether oxygens (including phenoxy) is 1. The first-order valence-corrected chi connectivity index (χ1v) is 6.06. The van der Waals surface area contributed by atoms with Crippen LogP contribution in [-0.2, 0) is 0 Å². The molecule has 1 rings (SSSR count). The molecule has 0 aromatic heterocycles. The molecule has 0 radical (unpaired) electrons. The van der Waals surface area contributed by atoms with Gasteiger partial charge in [-0.15, -0.1) is 0 Å². The second kappa shape index (κ2) is 7.31. The minimum absolute atomic E-state index is 0.126. The Kier molecular flexibility index (Phi) is 6.04. The average Bonchev–Trinajstić information content (AvgIpc) is 2.36. The number of nitrogens with two attached hydrogens (primary N) is 1. The topological polar surface area (TPSA) is 75.7 Å². The Morgan fingerprint density at radius 2 is 2.17 bits per heavy atom. The Morgan fingerprint density at radius 1 is 1.44 bits per heavy atom. The lowest BCUT2D eigenvalue weighted by Crippen LogP contribution is -2.29. The summed E-state index contributed by atoms with van der Waals surface area (Å²) in [5, 5.41) is 18.8. The molecular weight excluding hydrogens is 237 g/mol. The van der Waals surface area contributed by atoms with Crippen LogP contribution in [0.1, 0.15) is 31.4 Å². The van der Waals surface area contributed by atoms with Crippen molar-refractivity contribution in [2.45, 2.75) is 31.9 Å². The van der Waals surface area contributed by atoms with Gasteiger partial charge in [0.05, 0.1) is 12.7 Å². The van der Waals surface area contributed by atoms with Gasteiger partial charge in [-0.25, -0.2) is 4.39 Å². The predicted molar refractivity (Wildman–Crippen MR) is 66.8 cm³/mol. The van der Waals surface area contributed by atoms with E-state index in [4.69, 9.17) is 15.6 Å². The van der Waals surface area contributed by atoms with Crippen molar-refractivity contribution in [3.63, 3.8) is 0 Å². The fourth-order valence-corrected chi connectivity index (χ4v) is 1.63. The predicted octanol–water partition coefficient (Wildman–Crippen LogP) is 1.36. The summed E-state index contributed by atoms with van der Waals surface area (Å²) >= 11 is 0. The molecule has 0 fully saturated rings. The average molecular weight is 257 g/mol. The molecule has 0 aliphatic heterocycles. The van der Waals surface area contributed by atoms with Crippen LogP contribution in [-0.4, -0.2) is 29.5 Å². The van der Waals surface area contributed by atoms with Crippen molar-refractivity contribution < 1.29 is 19.3 Å². The van der Waals surface area contributed by atoms with E-state index >= 15 is 0 Å². The van der Waals surface area contributed by atoms with E-state index in [2.05, 4.69) is 0 Å². The van der Waals surface area contributed by atoms with Gasteiger partial charge in [-0.1, -0.05) is 6.92 Å². The fourth-order valence-electron chi connectivity index (χ4n) is 1.63. The van der Waals surface area contributed by atoms with Gasteiger partial charge in [0.15, 0.2) is 0 Å². The highest BCUT2D eigenvalue weighted by Gasteiger charge is 2.21. The van der Waals surface area contributed by atoms with E-state index in [1.165, 1.54) is 18.2 Å². The van der Waals surface area contributed by atoms with E-state index in [1.807, 2.05) is 6.92 Å². The summed E-state index contributed by atoms with van der Waals surface area (Å²) in [4.78, 5) is 0. The largest absolute Gasteiger partial charge is 0.493 e. The first-order valence-electron chi connectivity index (χ1n) is 6.06. The lowest BCUT2D eigenvalue weighted by Gasteiger charge is -2.21. The summed E-state index contributed by atoms with van der Waals surface area (Å²) in [6.45, 7) is 2.32. The standard InChI is InChI=1S/C13H20FNO3/c1-2-7-18-12-4-3-9(14)8-10(12)13(17)11(15)5-6-16/h3-4,8,11,13,16-17H,2,5-7,15H2,1H3. The van der Waals surface area contributed by atoms with E-state index < -0.39 is 18.0 Å². The number of rotatable bonds is 7. The normalized spacial score (nSPS) is 14.3. The van der Waals surface area contributed by atoms with Gasteiger partial charge in [0.1, 0.15) is 11.6 Å². The molecule has 4 nitrogen and oxygen atoms in total. The zero-order chi connectivity index (χ0) is 13.5. The molecule has 18 heavy (non-hydrogen) atoms. The monoisotopic (exact) mass is 257 g/mol. The number of hydrogen-bond acceptors (Lipinski definition) is 4. The van der Waals surface area contributed by atoms with Crippen LogP contribution in [0, 0.1) is 5.82 Å². The first-order chi connectivity index (χ1) is 8.60. The number of aliphatic hydroxyl groups is 2. The number of benzene rings is 1. The highest BCUT2D eigenvalue weighted by atomic mass is 19.1. The van der Waals surface area contributed by atoms with Crippen LogP contribution in [0.4, 0.5) is 4.39 Å². The molecule has 0 amide bonds. The summed E-state index contributed by atoms with van der Waals surface area (Å²) in [5.74, 6) is -0.0248. The lowest BCUT2D eigenvalue weighted by molar-refractivity contribution is 0.124. The van der Waals surface area contributed by atoms with E-state index in [1.54, 1.807) is 0 Å². The van der Waals surface area contributed by atoms with E-state index in [-0.39, 0.29) is 13.0 Å². The van der Waals surface area contributed by atoms with Gasteiger partial charge in [0, 0.05) is 18.2 Å². The molecule has 0 bridgehead atoms. The zero-order valence-corrected chi connectivity index (χ0v) is 10.5. The second-order valence-corrected chi connectivity index (χ2v) is 4.15. The molecule has 0 saturated carbocycles. The zero-order valence-electron chi connectivity index (χ0n) is 10.5. The van der Waals surface area contributed by atoms with Crippen LogP contribution in [0.25, 0.3) is 0 Å². The maximum atomic E-state index is 13.2. The van der Waals surface area contributed by atoms with Crippen LogP contribution >= 0.6 is 0 Å². The van der Waals surface area contributed by atoms with Crippen LogP contribution in [0.2, 0.25) is 0 Å². The van der Waals surface area contributed by atoms with Crippen molar-refractivity contribution in [3.05, 3.63) is 29.6 Å². The summed E-state index contributed by atoms with van der Waals surface area (Å²) < 4.78 is 18.7. The van der Waals surface area contributed by atoms with Gasteiger partial charge in [-0.2, -0.15) is 0 Å². The van der Waals surface area contributed by atoms with Crippen molar-refractivity contribution in [2.24, 2.45) is 5.73 Å². The third-order valence-electron chi connectivity index (χ3n) is 2.62. The molecule has 2 atom stereocenters. The molecular formula is C13H20FNO3. The smallest absolute Gasteiger partial charge is 0.125 e. The molecule has 1 aromatic rings. The van der Waals surface area contributed by atoms with E-state index in [9.17, 15) is 9.50 Å². The molecule has 0 spiro atoms. The summed E-state index contributed by atoms with van der Waals surface area (Å²) in [6.07, 6.45) is 0.000227. The number of halogens is 1. The third kappa shape index (κ3) is 3.94. The second-order valence-electron chi connectivity index (χ2n) is 4.15. The summed E-state index contributed by atoms with van der Waals surface area (Å²) in [5.41, 5.74) is 6.04. The quantitative estimate of drug-likeness (QED) is 0.689. The fraction of sp³-hybridized carbons (Fsp3) is 0.538. The Hall–Kier alpha value is -1.17. The molecule has 0 aliphatic carbocycles. The molecule has 0 saturated heterocycles. The van der Waals surface area contributed by atoms with Crippen molar-refractivity contribution in [1.82, 2.24) is 0 Å². The van der Waals surface area contributed by atoms with Crippen LogP contribution in [0.3, 0.4) is 0 Å². The lowest BCUT2D eigenvalue weighted by atomic mass is 9.99. The van der Waals surface area contributed by atoms with Crippen molar-refractivity contribution in [1.29, 1.82) is 0 Å². The molecule has 1 aromatic carbocycles. The third-order valence-corrected chi connectivity index (χ3v) is 2.62. The molecule has 102 valence electrons. The van der Waals surface area contributed by atoms with Gasteiger partial charge < -0.3 is 20.7 Å². The van der Waals surface area contributed by atoms with Gasteiger partial charge in [-0.3, -0.25) is 0 Å². The number of hydrogen-bond donors (Lipinski definition) is 3. The van der Waals surface area contributed by atoms with Gasteiger partial charge in [-0.05, 0) is 31.0 Å². The summed E-state index contributed by atoms with van der Waals surface area (Å²) in [7, 11) is 0. The van der Waals surface area contributed by atoms with E-state index in [0.29, 0.717) is 17.9 Å². The number of aliphatic hydroxyl groups excluding tert-OH is 2. The van der Waals surface area contributed by atoms with Gasteiger partial charge in [0.25, 0.3) is 0 Å². The molecule has 5 heteroatoms. The Labute approximate surface area is 106 Å². The maximum absolute atomic E-state index is 13.2. The first kappa shape index (κ1) is 14.9. The van der Waals surface area contributed by atoms with Gasteiger partial charge >= 0.3 is 0 Å². The van der Waals surface area contributed by atoms with Crippen molar-refractivity contribution in [3.8, 4) is 5.75 Å². The Morgan fingerprint density at radius 3 is 2.78 bits per heavy atom. The highest BCUT2D eigenvalue weighted by molar-refractivity contribution is 5.36. The molecule has 0 heterocycles. The molecule has 0 aliphatic rings. The van der Waals surface area contributed by atoms with E-state index in [0.717, 1.165) is 6.42 Å². The van der Waals surface area contributed by atoms with Crippen LogP contribution < -0.4 is 10.5 Å². The van der Waals surface area contributed by atoms with Gasteiger partial charge in [0.2, 0.25) is 0 Å². The molecule has 2 unspecified atom stereocenters. The minimum atomic E-state index is -1.06. The van der Waals surface area contributed by atoms with Crippen LogP contribution in [0.15, 0.2) is 18.2 Å². The van der Waals surface area contributed by atoms with Crippen molar-refractivity contribution >= 4 is 0 Å². The van der Waals surface area contributed by atoms with Crippen molar-refractivity contribution in [2.75, 3.05) is 13.2 Å². The maximum Gasteiger partial charge on any atom is 0.125 e. The highest BCUT2D eigenvalue weighted by Crippen LogP contribution is 2.28. The minimum Gasteiger partial charge on any atom is -0.493 e. The van der Waals surface area contributed by atoms with Crippen LogP contribution in [0.5, 0.6) is 5.75 Å². The molecule has 4 N–H and O–H groups in total. The Bertz CT molecular complexity index is 373. The SMILES string of the molecule is CCCOc1ccc(F)cc1C(O)C(N)CCO. The Balaban J connectivity index is 2.92. The summed E-state index contributed by atoms with van der Waals surface area (Å²) in [6, 6.07) is 3.32.